The average Bonchev–Trinajstić information content (AvgIpc) is 2.16. The first-order chi connectivity index (χ1) is 6.27. The van der Waals surface area contributed by atoms with Gasteiger partial charge in [-0.3, -0.25) is 4.79 Å². The lowest BCUT2D eigenvalue weighted by Gasteiger charge is -2.05. The van der Waals surface area contributed by atoms with Crippen LogP contribution in [0.2, 0.25) is 0 Å². The van der Waals surface area contributed by atoms with Crippen molar-refractivity contribution in [2.45, 2.75) is 6.92 Å². The van der Waals surface area contributed by atoms with Crippen LogP contribution in [0.1, 0.15) is 15.9 Å². The van der Waals surface area contributed by atoms with Crippen molar-refractivity contribution >= 4 is 6.29 Å². The fourth-order valence-electron chi connectivity index (χ4n) is 1.01. The molecule has 13 heavy (non-hydrogen) atoms. The molecule has 0 aromatic heterocycles. The smallest absolute Gasteiger partial charge is 0.153 e. The maximum Gasteiger partial charge on any atom is 0.153 e. The van der Waals surface area contributed by atoms with Crippen molar-refractivity contribution < 1.29 is 9.53 Å². The van der Waals surface area contributed by atoms with Gasteiger partial charge in [0.25, 0.3) is 0 Å². The first kappa shape index (κ1) is 9.34. The van der Waals surface area contributed by atoms with Gasteiger partial charge >= 0.3 is 0 Å². The van der Waals surface area contributed by atoms with E-state index in [1.807, 2.05) is 13.0 Å². The van der Waals surface area contributed by atoms with E-state index >= 15 is 0 Å². The Labute approximate surface area is 77.5 Å². The molecule has 0 saturated carbocycles. The third kappa shape index (κ3) is 2.34. The van der Waals surface area contributed by atoms with Crippen LogP contribution in [0, 0.1) is 19.3 Å². The summed E-state index contributed by atoms with van der Waals surface area (Å²) >= 11 is 0. The molecule has 0 atom stereocenters. The van der Waals surface area contributed by atoms with E-state index in [2.05, 4.69) is 5.92 Å². The fourth-order valence-corrected chi connectivity index (χ4v) is 1.01. The van der Waals surface area contributed by atoms with E-state index in [9.17, 15) is 4.79 Å². The van der Waals surface area contributed by atoms with Gasteiger partial charge in [-0.1, -0.05) is 17.6 Å². The topological polar surface area (TPSA) is 26.3 Å². The summed E-state index contributed by atoms with van der Waals surface area (Å²) < 4.78 is 5.16. The quantitative estimate of drug-likeness (QED) is 0.516. The molecule has 0 aliphatic carbocycles. The standard InChI is InChI=1S/C11H10O2/c1-3-6-13-11-5-4-9(2)7-10(11)8-12/h1,4-5,7-8H,6H2,2H3. The van der Waals surface area contributed by atoms with Crippen LogP contribution in [0.5, 0.6) is 5.75 Å². The lowest BCUT2D eigenvalue weighted by Crippen LogP contribution is -1.97. The first-order valence-electron chi connectivity index (χ1n) is 3.90. The summed E-state index contributed by atoms with van der Waals surface area (Å²) in [5.41, 5.74) is 1.56. The first-order valence-corrected chi connectivity index (χ1v) is 3.90. The molecule has 0 N–H and O–H groups in total. The number of benzene rings is 1. The lowest BCUT2D eigenvalue weighted by molar-refractivity contribution is 0.112. The lowest BCUT2D eigenvalue weighted by atomic mass is 10.1. The Hall–Kier alpha value is -1.75. The maximum absolute atomic E-state index is 10.6. The Bertz CT molecular complexity index is 348. The van der Waals surface area contributed by atoms with Gasteiger partial charge in [0.1, 0.15) is 12.4 Å². The summed E-state index contributed by atoms with van der Waals surface area (Å²) in [6.45, 7) is 2.10. The monoisotopic (exact) mass is 174 g/mol. The average molecular weight is 174 g/mol. The van der Waals surface area contributed by atoms with Crippen LogP contribution < -0.4 is 4.74 Å². The molecule has 66 valence electrons. The van der Waals surface area contributed by atoms with Crippen LogP contribution >= 0.6 is 0 Å². The Kier molecular flexibility index (Phi) is 3.10. The minimum absolute atomic E-state index is 0.184. The third-order valence-electron chi connectivity index (χ3n) is 1.60. The highest BCUT2D eigenvalue weighted by molar-refractivity contribution is 5.79. The van der Waals surface area contributed by atoms with Gasteiger partial charge in [0, 0.05) is 0 Å². The third-order valence-corrected chi connectivity index (χ3v) is 1.60. The molecule has 0 radical (unpaired) electrons. The summed E-state index contributed by atoms with van der Waals surface area (Å²) in [7, 11) is 0. The second-order valence-corrected chi connectivity index (χ2v) is 2.65. The zero-order valence-electron chi connectivity index (χ0n) is 7.41. The van der Waals surface area contributed by atoms with Crippen molar-refractivity contribution in [1.29, 1.82) is 0 Å². The number of rotatable bonds is 3. The van der Waals surface area contributed by atoms with Gasteiger partial charge in [0.2, 0.25) is 0 Å². The van der Waals surface area contributed by atoms with Gasteiger partial charge in [-0.05, 0) is 19.1 Å². The number of ether oxygens (including phenoxy) is 1. The zero-order chi connectivity index (χ0) is 9.68. The Morgan fingerprint density at radius 2 is 2.38 bits per heavy atom. The van der Waals surface area contributed by atoms with Crippen LogP contribution in [-0.2, 0) is 0 Å². The number of hydrogen-bond donors (Lipinski definition) is 0. The predicted molar refractivity (Wildman–Crippen MR) is 50.9 cm³/mol. The molecule has 0 amide bonds. The van der Waals surface area contributed by atoms with Gasteiger partial charge in [-0.2, -0.15) is 0 Å². The summed E-state index contributed by atoms with van der Waals surface area (Å²) in [6.07, 6.45) is 5.80. The number of carbonyl (C=O) groups excluding carboxylic acids is 1. The molecule has 0 spiro atoms. The molecular formula is C11H10O2. The largest absolute Gasteiger partial charge is 0.480 e. The fraction of sp³-hybridized carbons (Fsp3) is 0.182. The molecular weight excluding hydrogens is 164 g/mol. The van der Waals surface area contributed by atoms with Crippen LogP contribution in [-0.4, -0.2) is 12.9 Å². The summed E-state index contributed by atoms with van der Waals surface area (Å²) in [5.74, 6) is 2.88. The van der Waals surface area contributed by atoms with E-state index in [1.54, 1.807) is 12.1 Å². The molecule has 2 heteroatoms. The summed E-state index contributed by atoms with van der Waals surface area (Å²) in [5, 5.41) is 0. The van der Waals surface area contributed by atoms with Crippen molar-refractivity contribution in [2.24, 2.45) is 0 Å². The van der Waals surface area contributed by atoms with E-state index < -0.39 is 0 Å². The van der Waals surface area contributed by atoms with E-state index in [4.69, 9.17) is 11.2 Å². The molecule has 0 fully saturated rings. The van der Waals surface area contributed by atoms with Gasteiger partial charge < -0.3 is 4.74 Å². The van der Waals surface area contributed by atoms with E-state index in [0.717, 1.165) is 11.8 Å². The molecule has 0 saturated heterocycles. The molecule has 0 heterocycles. The molecule has 0 bridgehead atoms. The minimum atomic E-state index is 0.184. The van der Waals surface area contributed by atoms with Gasteiger partial charge in [-0.25, -0.2) is 0 Å². The van der Waals surface area contributed by atoms with Crippen LogP contribution in [0.15, 0.2) is 18.2 Å². The Balaban J connectivity index is 2.93. The SMILES string of the molecule is C#CCOc1ccc(C)cc1C=O. The van der Waals surface area contributed by atoms with Crippen LogP contribution in [0.25, 0.3) is 0 Å². The second kappa shape index (κ2) is 4.32. The maximum atomic E-state index is 10.6. The highest BCUT2D eigenvalue weighted by atomic mass is 16.5. The molecule has 0 unspecified atom stereocenters. The van der Waals surface area contributed by atoms with Crippen molar-refractivity contribution in [3.63, 3.8) is 0 Å². The molecule has 1 rings (SSSR count). The predicted octanol–water partition coefficient (Wildman–Crippen LogP) is 1.82. The number of carbonyl (C=O) groups is 1. The highest BCUT2D eigenvalue weighted by Crippen LogP contribution is 2.17. The number of hydrogen-bond acceptors (Lipinski definition) is 2. The van der Waals surface area contributed by atoms with Gasteiger partial charge in [0.15, 0.2) is 6.29 Å². The van der Waals surface area contributed by atoms with Crippen molar-refractivity contribution in [3.8, 4) is 18.1 Å². The highest BCUT2D eigenvalue weighted by Gasteiger charge is 2.01. The van der Waals surface area contributed by atoms with E-state index in [0.29, 0.717) is 11.3 Å². The molecule has 2 nitrogen and oxygen atoms in total. The van der Waals surface area contributed by atoms with E-state index in [1.165, 1.54) is 0 Å². The van der Waals surface area contributed by atoms with Crippen molar-refractivity contribution in [1.82, 2.24) is 0 Å². The number of aldehydes is 1. The van der Waals surface area contributed by atoms with Crippen LogP contribution in [0.3, 0.4) is 0 Å². The minimum Gasteiger partial charge on any atom is -0.480 e. The van der Waals surface area contributed by atoms with Gasteiger partial charge in [0.05, 0.1) is 5.56 Å². The Morgan fingerprint density at radius 1 is 1.62 bits per heavy atom. The number of terminal acetylenes is 1. The zero-order valence-corrected chi connectivity index (χ0v) is 7.41. The summed E-state index contributed by atoms with van der Waals surface area (Å²) in [6, 6.07) is 5.38. The summed E-state index contributed by atoms with van der Waals surface area (Å²) in [4.78, 5) is 10.6. The second-order valence-electron chi connectivity index (χ2n) is 2.65. The molecule has 1 aromatic carbocycles. The molecule has 1 aromatic rings. The van der Waals surface area contributed by atoms with E-state index in [-0.39, 0.29) is 6.61 Å². The molecule has 0 aliphatic heterocycles. The van der Waals surface area contributed by atoms with Crippen molar-refractivity contribution in [3.05, 3.63) is 29.3 Å². The Morgan fingerprint density at radius 3 is 3.00 bits per heavy atom. The normalized spacial score (nSPS) is 8.92. The van der Waals surface area contributed by atoms with Gasteiger partial charge in [-0.15, -0.1) is 6.42 Å². The molecule has 0 aliphatic rings. The van der Waals surface area contributed by atoms with Crippen molar-refractivity contribution in [2.75, 3.05) is 6.61 Å². The number of aryl methyl sites for hydroxylation is 1. The van der Waals surface area contributed by atoms with Crippen LogP contribution in [0.4, 0.5) is 0 Å².